The van der Waals surface area contributed by atoms with E-state index in [1.807, 2.05) is 6.07 Å². The third-order valence-corrected chi connectivity index (χ3v) is 8.62. The molecular formula is C34H34O2. The van der Waals surface area contributed by atoms with Crippen molar-refractivity contribution in [2.75, 3.05) is 0 Å². The van der Waals surface area contributed by atoms with Crippen LogP contribution in [0.15, 0.2) is 66.3 Å². The Morgan fingerprint density at radius 2 is 1.61 bits per heavy atom. The van der Waals surface area contributed by atoms with Crippen LogP contribution < -0.4 is 0 Å². The maximum absolute atomic E-state index is 13.0. The highest BCUT2D eigenvalue weighted by Gasteiger charge is 2.36. The lowest BCUT2D eigenvalue weighted by molar-refractivity contribution is 0.101. The van der Waals surface area contributed by atoms with Gasteiger partial charge in [0.15, 0.2) is 5.78 Å². The van der Waals surface area contributed by atoms with E-state index in [1.165, 1.54) is 16.7 Å². The van der Waals surface area contributed by atoms with Gasteiger partial charge in [-0.2, -0.15) is 0 Å². The second-order valence-electron chi connectivity index (χ2n) is 11.9. The Hall–Kier alpha value is -3.39. The van der Waals surface area contributed by atoms with E-state index < -0.39 is 0 Å². The number of fused-ring (bicyclic) bond motifs is 5. The van der Waals surface area contributed by atoms with Gasteiger partial charge < -0.3 is 5.11 Å². The first-order valence-corrected chi connectivity index (χ1v) is 13.2. The van der Waals surface area contributed by atoms with E-state index >= 15 is 0 Å². The van der Waals surface area contributed by atoms with Crippen LogP contribution in [0.3, 0.4) is 0 Å². The van der Waals surface area contributed by atoms with E-state index in [-0.39, 0.29) is 22.4 Å². The number of benzene rings is 3. The lowest BCUT2D eigenvalue weighted by Gasteiger charge is -2.37. The van der Waals surface area contributed by atoms with Crippen LogP contribution in [0.5, 0.6) is 5.75 Å². The molecule has 3 aromatic carbocycles. The number of hydrogen-bond acceptors (Lipinski definition) is 2. The minimum atomic E-state index is -0.295. The number of phenolic OH excluding ortho intramolecular Hbond substituents is 1. The molecule has 3 aliphatic carbocycles. The number of carbonyl (C=O) groups is 1. The SMILES string of the molecule is CC(=O)c1cc2c3c(ccc2cc1-c1ccc2c(c1O)C(C)(C)C=CC2(C)C)C1=C(CCC=C1)CC3. The molecule has 0 fully saturated rings. The fourth-order valence-corrected chi connectivity index (χ4v) is 6.58. The number of carbonyl (C=O) groups excluding carboxylic acids is 1. The second kappa shape index (κ2) is 7.80. The van der Waals surface area contributed by atoms with Crippen LogP contribution in [0.1, 0.15) is 86.5 Å². The first-order chi connectivity index (χ1) is 17.1. The average Bonchev–Trinajstić information content (AvgIpc) is 2.85. The summed E-state index contributed by atoms with van der Waals surface area (Å²) >= 11 is 0. The molecule has 0 aromatic heterocycles. The molecule has 0 heterocycles. The fourth-order valence-electron chi connectivity index (χ4n) is 6.58. The molecule has 0 spiro atoms. The van der Waals surface area contributed by atoms with Crippen LogP contribution in [0.4, 0.5) is 0 Å². The molecule has 0 saturated heterocycles. The Morgan fingerprint density at radius 3 is 2.39 bits per heavy atom. The Kier molecular flexibility index (Phi) is 4.99. The van der Waals surface area contributed by atoms with Crippen molar-refractivity contribution in [1.29, 1.82) is 0 Å². The van der Waals surface area contributed by atoms with Crippen LogP contribution in [0.2, 0.25) is 0 Å². The molecule has 3 aliphatic rings. The maximum Gasteiger partial charge on any atom is 0.160 e. The van der Waals surface area contributed by atoms with Crippen LogP contribution in [0.25, 0.3) is 27.5 Å². The van der Waals surface area contributed by atoms with Crippen molar-refractivity contribution in [3.05, 3.63) is 94.1 Å². The molecule has 0 bridgehead atoms. The van der Waals surface area contributed by atoms with Gasteiger partial charge in [-0.15, -0.1) is 0 Å². The lowest BCUT2D eigenvalue weighted by Crippen LogP contribution is -2.29. The molecule has 3 aromatic rings. The van der Waals surface area contributed by atoms with E-state index in [4.69, 9.17) is 0 Å². The summed E-state index contributed by atoms with van der Waals surface area (Å²) < 4.78 is 0. The summed E-state index contributed by atoms with van der Waals surface area (Å²) in [5, 5.41) is 14.0. The highest BCUT2D eigenvalue weighted by Crippen LogP contribution is 2.49. The predicted molar refractivity (Wildman–Crippen MR) is 150 cm³/mol. The predicted octanol–water partition coefficient (Wildman–Crippen LogP) is 8.59. The summed E-state index contributed by atoms with van der Waals surface area (Å²) in [6.07, 6.45) is 13.4. The molecule has 6 rings (SSSR count). The Morgan fingerprint density at radius 1 is 0.861 bits per heavy atom. The number of hydrogen-bond donors (Lipinski definition) is 1. The van der Waals surface area contributed by atoms with Gasteiger partial charge >= 0.3 is 0 Å². The third-order valence-electron chi connectivity index (χ3n) is 8.62. The van der Waals surface area contributed by atoms with Gasteiger partial charge in [0.2, 0.25) is 0 Å². The van der Waals surface area contributed by atoms with Crippen molar-refractivity contribution in [2.24, 2.45) is 0 Å². The summed E-state index contributed by atoms with van der Waals surface area (Å²) in [4.78, 5) is 13.0. The van der Waals surface area contributed by atoms with Gasteiger partial charge in [0, 0.05) is 27.5 Å². The first-order valence-electron chi connectivity index (χ1n) is 13.2. The molecule has 2 heteroatoms. The van der Waals surface area contributed by atoms with Crippen molar-refractivity contribution >= 4 is 22.1 Å². The van der Waals surface area contributed by atoms with Gasteiger partial charge in [-0.25, -0.2) is 0 Å². The molecule has 0 saturated carbocycles. The molecule has 1 N–H and O–H groups in total. The van der Waals surface area contributed by atoms with Gasteiger partial charge in [0.1, 0.15) is 5.75 Å². The Bertz CT molecular complexity index is 1560. The molecular weight excluding hydrogens is 440 g/mol. The van der Waals surface area contributed by atoms with Crippen LogP contribution in [0, 0.1) is 0 Å². The summed E-state index contributed by atoms with van der Waals surface area (Å²) in [6.45, 7) is 10.3. The third kappa shape index (κ3) is 3.34. The smallest absolute Gasteiger partial charge is 0.160 e. The number of aryl methyl sites for hydroxylation is 1. The molecule has 182 valence electrons. The molecule has 2 nitrogen and oxygen atoms in total. The zero-order valence-electron chi connectivity index (χ0n) is 22.0. The topological polar surface area (TPSA) is 37.3 Å². The van der Waals surface area contributed by atoms with Crippen molar-refractivity contribution in [2.45, 2.75) is 71.1 Å². The molecule has 36 heavy (non-hydrogen) atoms. The highest BCUT2D eigenvalue weighted by molar-refractivity contribution is 6.07. The minimum absolute atomic E-state index is 0.0226. The number of rotatable bonds is 2. The van der Waals surface area contributed by atoms with Crippen molar-refractivity contribution in [3.63, 3.8) is 0 Å². The molecule has 0 atom stereocenters. The molecule has 0 amide bonds. The van der Waals surface area contributed by atoms with E-state index in [0.29, 0.717) is 5.56 Å². The summed E-state index contributed by atoms with van der Waals surface area (Å²) in [5.74, 6) is 0.311. The van der Waals surface area contributed by atoms with Gasteiger partial charge in [-0.05, 0) is 83.3 Å². The van der Waals surface area contributed by atoms with E-state index in [0.717, 1.165) is 58.7 Å². The fraction of sp³-hybridized carbons (Fsp3) is 0.324. The van der Waals surface area contributed by atoms with Crippen molar-refractivity contribution < 1.29 is 9.90 Å². The number of allylic oxidation sites excluding steroid dienone is 6. The average molecular weight is 475 g/mol. The molecule has 0 radical (unpaired) electrons. The summed E-state index contributed by atoms with van der Waals surface area (Å²) in [5.41, 5.74) is 9.46. The number of Topliss-reactive ketones (excluding diaryl/α,β-unsaturated/α-hetero) is 1. The van der Waals surface area contributed by atoms with Gasteiger partial charge in [-0.3, -0.25) is 4.79 Å². The maximum atomic E-state index is 13.0. The van der Waals surface area contributed by atoms with Gasteiger partial charge in [0.05, 0.1) is 0 Å². The Balaban J connectivity index is 1.59. The van der Waals surface area contributed by atoms with E-state index in [2.05, 4.69) is 82.3 Å². The van der Waals surface area contributed by atoms with Crippen molar-refractivity contribution in [1.82, 2.24) is 0 Å². The minimum Gasteiger partial charge on any atom is -0.507 e. The van der Waals surface area contributed by atoms with Crippen LogP contribution in [-0.2, 0) is 17.3 Å². The molecule has 0 aliphatic heterocycles. The number of ketones is 1. The van der Waals surface area contributed by atoms with Gasteiger partial charge in [-0.1, -0.05) is 81.8 Å². The lowest BCUT2D eigenvalue weighted by atomic mass is 9.67. The van der Waals surface area contributed by atoms with Crippen molar-refractivity contribution in [3.8, 4) is 16.9 Å². The standard InChI is InChI=1S/C34H34O2/c1-20(35)27-19-28-22(11-13-24-23-9-7-6-8-21(23)10-12-25(24)28)18-29(27)26-14-15-30-31(32(26)36)34(4,5)17-16-33(30,2)3/h7,9,11,13-19,36H,6,8,10,12H2,1-5H3. The van der Waals surface area contributed by atoms with E-state index in [1.54, 1.807) is 12.5 Å². The zero-order valence-corrected chi connectivity index (χ0v) is 22.0. The number of aromatic hydroxyl groups is 1. The van der Waals surface area contributed by atoms with Gasteiger partial charge in [0.25, 0.3) is 0 Å². The Labute approximate surface area is 214 Å². The summed E-state index contributed by atoms with van der Waals surface area (Å²) in [7, 11) is 0. The second-order valence-corrected chi connectivity index (χ2v) is 11.9. The quantitative estimate of drug-likeness (QED) is 0.298. The number of phenols is 1. The first kappa shape index (κ1) is 23.0. The highest BCUT2D eigenvalue weighted by atomic mass is 16.3. The monoisotopic (exact) mass is 474 g/mol. The normalized spacial score (nSPS) is 19.1. The summed E-state index contributed by atoms with van der Waals surface area (Å²) in [6, 6.07) is 12.8. The van der Waals surface area contributed by atoms with Crippen LogP contribution in [-0.4, -0.2) is 10.9 Å². The zero-order chi connectivity index (χ0) is 25.4. The van der Waals surface area contributed by atoms with Crippen LogP contribution >= 0.6 is 0 Å². The van der Waals surface area contributed by atoms with E-state index in [9.17, 15) is 9.90 Å². The largest absolute Gasteiger partial charge is 0.507 e. The molecule has 0 unspecified atom stereocenters.